The molecule has 9 nitrogen and oxygen atoms in total. The van der Waals surface area contributed by atoms with Gasteiger partial charge in [-0.15, -0.1) is 0 Å². The lowest BCUT2D eigenvalue weighted by Gasteiger charge is -2.45. The van der Waals surface area contributed by atoms with Crippen molar-refractivity contribution >= 4 is 28.7 Å². The van der Waals surface area contributed by atoms with E-state index in [1.807, 2.05) is 24.3 Å². The molecule has 2 amide bonds. The molecule has 2 aromatic rings. The number of para-hydroxylation sites is 1. The number of methoxy groups -OCH3 is 1. The third-order valence-corrected chi connectivity index (χ3v) is 5.99. The molecular formula is C20H24N4O5. The van der Waals surface area contributed by atoms with Crippen LogP contribution in [0, 0.1) is 5.92 Å². The fraction of sp³-hybridized carbons (Fsp3) is 0.500. The molecule has 0 aliphatic carbocycles. The van der Waals surface area contributed by atoms with Crippen molar-refractivity contribution in [3.05, 3.63) is 30.0 Å². The molecule has 2 fully saturated rings. The van der Waals surface area contributed by atoms with Crippen molar-refractivity contribution in [2.75, 3.05) is 26.8 Å². The molecule has 154 valence electrons. The van der Waals surface area contributed by atoms with Crippen molar-refractivity contribution in [1.29, 1.82) is 0 Å². The summed E-state index contributed by atoms with van der Waals surface area (Å²) in [4.78, 5) is 45.3. The maximum absolute atomic E-state index is 13.1. The first-order chi connectivity index (χ1) is 14.0. The Labute approximate surface area is 167 Å². The van der Waals surface area contributed by atoms with Gasteiger partial charge in [-0.1, -0.05) is 18.2 Å². The maximum Gasteiger partial charge on any atom is 0.311 e. The first-order valence-corrected chi connectivity index (χ1v) is 9.78. The Kier molecular flexibility index (Phi) is 4.99. The van der Waals surface area contributed by atoms with E-state index in [2.05, 4.69) is 10.2 Å². The number of hydrogen-bond acceptors (Lipinski definition) is 6. The quantitative estimate of drug-likeness (QED) is 0.780. The molecule has 1 unspecified atom stereocenters. The maximum atomic E-state index is 13.1. The van der Waals surface area contributed by atoms with E-state index in [4.69, 9.17) is 9.57 Å². The molecule has 1 aromatic carbocycles. The third-order valence-electron chi connectivity index (χ3n) is 5.99. The number of ether oxygens (including phenoxy) is 1. The molecule has 2 aliphatic heterocycles. The lowest BCUT2D eigenvalue weighted by atomic mass is 9.77. The zero-order valence-electron chi connectivity index (χ0n) is 16.5. The number of hydrogen-bond donors (Lipinski definition) is 1. The van der Waals surface area contributed by atoms with Crippen LogP contribution in [-0.2, 0) is 19.2 Å². The van der Waals surface area contributed by atoms with E-state index in [1.165, 1.54) is 12.2 Å². The molecule has 9 heteroatoms. The number of hydroxylamine groups is 2. The highest BCUT2D eigenvalue weighted by Crippen LogP contribution is 2.44. The fourth-order valence-electron chi connectivity index (χ4n) is 4.54. The number of carbonyl (C=O) groups excluding carboxylic acids is 3. The minimum Gasteiger partial charge on any atom is -0.469 e. The lowest BCUT2D eigenvalue weighted by Crippen LogP contribution is -2.58. The molecule has 2 aliphatic rings. The van der Waals surface area contributed by atoms with Gasteiger partial charge in [0.05, 0.1) is 30.7 Å². The number of likely N-dealkylation sites (tertiary alicyclic amines) is 1. The third kappa shape index (κ3) is 3.05. The Morgan fingerprint density at radius 1 is 1.28 bits per heavy atom. The number of aromatic amines is 1. The zero-order valence-corrected chi connectivity index (χ0v) is 16.5. The highest BCUT2D eigenvalue weighted by atomic mass is 16.7. The molecule has 1 aromatic heterocycles. The summed E-state index contributed by atoms with van der Waals surface area (Å²) in [6.45, 7) is 2.91. The van der Waals surface area contributed by atoms with Crippen LogP contribution in [0.2, 0.25) is 0 Å². The highest BCUT2D eigenvalue weighted by Gasteiger charge is 2.58. The van der Waals surface area contributed by atoms with E-state index in [1.54, 1.807) is 11.8 Å². The molecule has 29 heavy (non-hydrogen) atoms. The van der Waals surface area contributed by atoms with Gasteiger partial charge in [0.2, 0.25) is 5.91 Å². The van der Waals surface area contributed by atoms with Crippen LogP contribution >= 0.6 is 0 Å². The summed E-state index contributed by atoms with van der Waals surface area (Å²) in [5.41, 5.74) is 0.397. The van der Waals surface area contributed by atoms with E-state index >= 15 is 0 Å². The largest absolute Gasteiger partial charge is 0.469 e. The molecular weight excluding hydrogens is 376 g/mol. The smallest absolute Gasteiger partial charge is 0.311 e. The number of benzene rings is 1. The second-order valence-corrected chi connectivity index (χ2v) is 7.40. The molecule has 0 radical (unpaired) electrons. The number of aromatic nitrogens is 2. The molecule has 0 bridgehead atoms. The Morgan fingerprint density at radius 3 is 2.69 bits per heavy atom. The monoisotopic (exact) mass is 400 g/mol. The Balaban J connectivity index is 1.57. The van der Waals surface area contributed by atoms with Crippen LogP contribution in [0.5, 0.6) is 0 Å². The van der Waals surface area contributed by atoms with E-state index in [9.17, 15) is 14.4 Å². The number of amides is 2. The van der Waals surface area contributed by atoms with Crippen LogP contribution in [0.25, 0.3) is 10.9 Å². The summed E-state index contributed by atoms with van der Waals surface area (Å²) in [5.74, 6) is -1.41. The van der Waals surface area contributed by atoms with Crippen molar-refractivity contribution < 1.29 is 24.0 Å². The highest BCUT2D eigenvalue weighted by molar-refractivity contribution is 6.04. The van der Waals surface area contributed by atoms with Crippen molar-refractivity contribution in [1.82, 2.24) is 20.2 Å². The molecule has 1 atom stereocenters. The van der Waals surface area contributed by atoms with Crippen molar-refractivity contribution in [2.24, 2.45) is 5.92 Å². The SMILES string of the molecule is CCON1C(=O)CC(C(=O)OC)C12CCN(C(=O)c1n[nH]c3ccccc13)CC2. The summed E-state index contributed by atoms with van der Waals surface area (Å²) in [7, 11) is 1.32. The van der Waals surface area contributed by atoms with Gasteiger partial charge in [-0.25, -0.2) is 5.06 Å². The molecule has 4 rings (SSSR count). The lowest BCUT2D eigenvalue weighted by molar-refractivity contribution is -0.220. The number of esters is 1. The standard InChI is InChI=1S/C20H24N4O5/c1-3-29-24-16(25)12-14(19(27)28-2)20(24)8-10-23(11-9-20)18(26)17-13-6-4-5-7-15(13)21-22-17/h4-7,14H,3,8-12H2,1-2H3,(H,21,22). The molecule has 1 N–H and O–H groups in total. The number of piperidine rings is 1. The number of carbonyl (C=O) groups is 3. The van der Waals surface area contributed by atoms with Crippen LogP contribution in [0.15, 0.2) is 24.3 Å². The average molecular weight is 400 g/mol. The van der Waals surface area contributed by atoms with Gasteiger partial charge < -0.3 is 9.64 Å². The predicted molar refractivity (Wildman–Crippen MR) is 103 cm³/mol. The van der Waals surface area contributed by atoms with E-state index in [0.717, 1.165) is 10.9 Å². The van der Waals surface area contributed by atoms with Gasteiger partial charge in [-0.05, 0) is 25.8 Å². The van der Waals surface area contributed by atoms with E-state index < -0.39 is 17.4 Å². The minimum absolute atomic E-state index is 0.0601. The van der Waals surface area contributed by atoms with Crippen LogP contribution in [-0.4, -0.2) is 70.3 Å². The number of nitrogens with zero attached hydrogens (tertiary/aromatic N) is 3. The summed E-state index contributed by atoms with van der Waals surface area (Å²) in [6, 6.07) is 7.48. The fourth-order valence-corrected chi connectivity index (χ4v) is 4.54. The Bertz CT molecular complexity index is 947. The number of rotatable bonds is 4. The summed E-state index contributed by atoms with van der Waals surface area (Å²) < 4.78 is 4.95. The van der Waals surface area contributed by atoms with Gasteiger partial charge in [0.25, 0.3) is 5.91 Å². The molecule has 0 saturated carbocycles. The summed E-state index contributed by atoms with van der Waals surface area (Å²) >= 11 is 0. The molecule has 3 heterocycles. The first kappa shape index (κ1) is 19.4. The van der Waals surface area contributed by atoms with Crippen molar-refractivity contribution in [3.8, 4) is 0 Å². The normalized spacial score (nSPS) is 21.2. The molecule has 1 spiro atoms. The zero-order chi connectivity index (χ0) is 20.6. The van der Waals surface area contributed by atoms with Crippen molar-refractivity contribution in [3.63, 3.8) is 0 Å². The number of nitrogens with one attached hydrogen (secondary N) is 1. The average Bonchev–Trinajstić information content (AvgIpc) is 3.29. The van der Waals surface area contributed by atoms with Gasteiger partial charge in [0.1, 0.15) is 0 Å². The second kappa shape index (κ2) is 7.47. The molecule has 2 saturated heterocycles. The first-order valence-electron chi connectivity index (χ1n) is 9.78. The van der Waals surface area contributed by atoms with Gasteiger partial charge in [0, 0.05) is 24.9 Å². The Morgan fingerprint density at radius 2 is 2.00 bits per heavy atom. The topological polar surface area (TPSA) is 105 Å². The predicted octanol–water partition coefficient (Wildman–Crippen LogP) is 1.51. The summed E-state index contributed by atoms with van der Waals surface area (Å²) in [6.07, 6.45) is 0.934. The summed E-state index contributed by atoms with van der Waals surface area (Å²) in [5, 5.41) is 9.21. The van der Waals surface area contributed by atoms with Gasteiger partial charge >= 0.3 is 5.97 Å². The van der Waals surface area contributed by atoms with Gasteiger partial charge in [-0.3, -0.25) is 24.3 Å². The Hall–Kier alpha value is -2.94. The van der Waals surface area contributed by atoms with E-state index in [0.29, 0.717) is 38.2 Å². The van der Waals surface area contributed by atoms with E-state index in [-0.39, 0.29) is 18.2 Å². The number of H-pyrrole nitrogens is 1. The van der Waals surface area contributed by atoms with Crippen LogP contribution in [0.1, 0.15) is 36.7 Å². The van der Waals surface area contributed by atoms with Gasteiger partial charge in [0.15, 0.2) is 5.69 Å². The van der Waals surface area contributed by atoms with Crippen molar-refractivity contribution in [2.45, 2.75) is 31.7 Å². The van der Waals surface area contributed by atoms with Crippen LogP contribution < -0.4 is 0 Å². The van der Waals surface area contributed by atoms with Crippen LogP contribution in [0.3, 0.4) is 0 Å². The second-order valence-electron chi connectivity index (χ2n) is 7.40. The van der Waals surface area contributed by atoms with Crippen LogP contribution in [0.4, 0.5) is 0 Å². The minimum atomic E-state index is -0.787. The number of fused-ring (bicyclic) bond motifs is 1. The van der Waals surface area contributed by atoms with Gasteiger partial charge in [-0.2, -0.15) is 5.10 Å².